The SMILES string of the molecule is CN1C(=O)CCC(n2cnc3cc(F)ccc32)C1=O. The number of hydrogen-bond donors (Lipinski definition) is 0. The molecule has 19 heavy (non-hydrogen) atoms. The van der Waals surface area contributed by atoms with E-state index in [9.17, 15) is 14.0 Å². The molecular weight excluding hydrogens is 249 g/mol. The Morgan fingerprint density at radius 2 is 2.16 bits per heavy atom. The highest BCUT2D eigenvalue weighted by atomic mass is 19.1. The summed E-state index contributed by atoms with van der Waals surface area (Å²) in [6, 6.07) is 3.82. The molecule has 1 atom stereocenters. The maximum Gasteiger partial charge on any atom is 0.252 e. The van der Waals surface area contributed by atoms with Crippen molar-refractivity contribution in [2.75, 3.05) is 7.05 Å². The molecule has 98 valence electrons. The number of halogens is 1. The lowest BCUT2D eigenvalue weighted by molar-refractivity contribution is -0.149. The minimum absolute atomic E-state index is 0.170. The summed E-state index contributed by atoms with van der Waals surface area (Å²) in [4.78, 5) is 28.8. The largest absolute Gasteiger partial charge is 0.318 e. The first kappa shape index (κ1) is 11.8. The van der Waals surface area contributed by atoms with Gasteiger partial charge in [0.2, 0.25) is 5.91 Å². The molecule has 1 aliphatic heterocycles. The van der Waals surface area contributed by atoms with E-state index in [1.54, 1.807) is 10.6 Å². The highest BCUT2D eigenvalue weighted by molar-refractivity contribution is 5.99. The standard InChI is InChI=1S/C13H12FN3O2/c1-16-12(18)5-4-11(13(16)19)17-7-15-9-6-8(14)2-3-10(9)17/h2-3,6-7,11H,4-5H2,1H3. The summed E-state index contributed by atoms with van der Waals surface area (Å²) in [5, 5.41) is 0. The predicted octanol–water partition coefficient (Wildman–Crippen LogP) is 1.50. The predicted molar refractivity (Wildman–Crippen MR) is 65.7 cm³/mol. The van der Waals surface area contributed by atoms with Crippen LogP contribution in [0.3, 0.4) is 0 Å². The van der Waals surface area contributed by atoms with E-state index >= 15 is 0 Å². The second-order valence-corrected chi connectivity index (χ2v) is 4.63. The molecule has 0 saturated carbocycles. The summed E-state index contributed by atoms with van der Waals surface area (Å²) in [6.45, 7) is 0. The minimum atomic E-state index is -0.446. The number of aromatic nitrogens is 2. The van der Waals surface area contributed by atoms with Gasteiger partial charge in [0, 0.05) is 19.5 Å². The van der Waals surface area contributed by atoms with Gasteiger partial charge in [-0.3, -0.25) is 14.5 Å². The molecule has 3 rings (SSSR count). The van der Waals surface area contributed by atoms with Crippen LogP contribution in [0.4, 0.5) is 4.39 Å². The lowest BCUT2D eigenvalue weighted by Crippen LogP contribution is -2.43. The molecule has 2 heterocycles. The van der Waals surface area contributed by atoms with Crippen molar-refractivity contribution in [3.8, 4) is 0 Å². The zero-order valence-electron chi connectivity index (χ0n) is 10.3. The van der Waals surface area contributed by atoms with E-state index in [4.69, 9.17) is 0 Å². The Bertz CT molecular complexity index is 680. The quantitative estimate of drug-likeness (QED) is 0.731. The topological polar surface area (TPSA) is 55.2 Å². The molecule has 0 radical (unpaired) electrons. The summed E-state index contributed by atoms with van der Waals surface area (Å²) >= 11 is 0. The zero-order valence-corrected chi connectivity index (χ0v) is 10.3. The summed E-state index contributed by atoms with van der Waals surface area (Å²) in [7, 11) is 1.48. The third-order valence-electron chi connectivity index (χ3n) is 3.49. The number of likely N-dealkylation sites (N-methyl/N-ethyl adjacent to an activating group) is 1. The molecule has 0 aliphatic carbocycles. The molecule has 0 bridgehead atoms. The summed E-state index contributed by atoms with van der Waals surface area (Å²) < 4.78 is 14.8. The number of rotatable bonds is 1. The highest BCUT2D eigenvalue weighted by Crippen LogP contribution is 2.26. The molecule has 0 spiro atoms. The van der Waals surface area contributed by atoms with Gasteiger partial charge in [-0.2, -0.15) is 0 Å². The van der Waals surface area contributed by atoms with Gasteiger partial charge in [0.1, 0.15) is 11.9 Å². The Balaban J connectivity index is 2.05. The molecular formula is C13H12FN3O2. The fraction of sp³-hybridized carbons (Fsp3) is 0.308. The van der Waals surface area contributed by atoms with E-state index in [0.29, 0.717) is 23.9 Å². The summed E-state index contributed by atoms with van der Waals surface area (Å²) in [6.07, 6.45) is 2.30. The normalized spacial score (nSPS) is 20.3. The first-order valence-electron chi connectivity index (χ1n) is 6.00. The summed E-state index contributed by atoms with van der Waals surface area (Å²) in [5.74, 6) is -0.781. The first-order chi connectivity index (χ1) is 9.08. The Kier molecular flexibility index (Phi) is 2.58. The van der Waals surface area contributed by atoms with Gasteiger partial charge in [-0.15, -0.1) is 0 Å². The lowest BCUT2D eigenvalue weighted by atomic mass is 10.0. The molecule has 1 aromatic carbocycles. The van der Waals surface area contributed by atoms with E-state index in [1.165, 1.54) is 25.5 Å². The molecule has 2 amide bonds. The molecule has 2 aromatic rings. The van der Waals surface area contributed by atoms with Crippen molar-refractivity contribution in [3.63, 3.8) is 0 Å². The minimum Gasteiger partial charge on any atom is -0.318 e. The number of carbonyl (C=O) groups is 2. The van der Waals surface area contributed by atoms with E-state index in [0.717, 1.165) is 4.90 Å². The first-order valence-corrected chi connectivity index (χ1v) is 6.00. The number of benzene rings is 1. The Morgan fingerprint density at radius 3 is 2.95 bits per heavy atom. The fourth-order valence-electron chi connectivity index (χ4n) is 2.41. The second kappa shape index (κ2) is 4.15. The zero-order chi connectivity index (χ0) is 13.6. The second-order valence-electron chi connectivity index (χ2n) is 4.63. The van der Waals surface area contributed by atoms with Crippen LogP contribution in [0.2, 0.25) is 0 Å². The third-order valence-corrected chi connectivity index (χ3v) is 3.49. The van der Waals surface area contributed by atoms with Crippen molar-refractivity contribution < 1.29 is 14.0 Å². The van der Waals surface area contributed by atoms with E-state index in [1.807, 2.05) is 0 Å². The monoisotopic (exact) mass is 261 g/mol. The maximum absolute atomic E-state index is 13.1. The van der Waals surface area contributed by atoms with Gasteiger partial charge in [-0.25, -0.2) is 9.37 Å². The molecule has 1 saturated heterocycles. The number of carbonyl (C=O) groups excluding carboxylic acids is 2. The van der Waals surface area contributed by atoms with Gasteiger partial charge < -0.3 is 4.57 Å². The highest BCUT2D eigenvalue weighted by Gasteiger charge is 2.33. The lowest BCUT2D eigenvalue weighted by Gasteiger charge is -2.28. The summed E-state index contributed by atoms with van der Waals surface area (Å²) in [5.41, 5.74) is 1.20. The van der Waals surface area contributed by atoms with Crippen LogP contribution in [0.15, 0.2) is 24.5 Å². The third kappa shape index (κ3) is 1.80. The average molecular weight is 261 g/mol. The molecule has 5 nitrogen and oxygen atoms in total. The van der Waals surface area contributed by atoms with E-state index in [2.05, 4.69) is 4.98 Å². The van der Waals surface area contributed by atoms with E-state index in [-0.39, 0.29) is 17.6 Å². The number of imidazole rings is 1. The van der Waals surface area contributed by atoms with Crippen molar-refractivity contribution >= 4 is 22.8 Å². The molecule has 0 N–H and O–H groups in total. The van der Waals surface area contributed by atoms with Gasteiger partial charge >= 0.3 is 0 Å². The number of likely N-dealkylation sites (tertiary alicyclic amines) is 1. The van der Waals surface area contributed by atoms with Crippen LogP contribution in [-0.4, -0.2) is 33.3 Å². The van der Waals surface area contributed by atoms with Crippen LogP contribution in [0.1, 0.15) is 18.9 Å². The molecule has 1 aliphatic rings. The van der Waals surface area contributed by atoms with Gasteiger partial charge in [0.05, 0.1) is 17.4 Å². The van der Waals surface area contributed by atoms with Crippen LogP contribution >= 0.6 is 0 Å². The van der Waals surface area contributed by atoms with Gasteiger partial charge in [-0.1, -0.05) is 0 Å². The smallest absolute Gasteiger partial charge is 0.252 e. The van der Waals surface area contributed by atoms with Gasteiger partial charge in [-0.05, 0) is 18.6 Å². The average Bonchev–Trinajstić information content (AvgIpc) is 2.79. The Labute approximate surface area is 108 Å². The molecule has 1 unspecified atom stereocenters. The van der Waals surface area contributed by atoms with Crippen LogP contribution in [0.25, 0.3) is 11.0 Å². The number of hydrogen-bond acceptors (Lipinski definition) is 3. The van der Waals surface area contributed by atoms with Crippen LogP contribution in [0.5, 0.6) is 0 Å². The van der Waals surface area contributed by atoms with Crippen molar-refractivity contribution in [2.45, 2.75) is 18.9 Å². The van der Waals surface area contributed by atoms with Crippen molar-refractivity contribution in [2.24, 2.45) is 0 Å². The van der Waals surface area contributed by atoms with E-state index < -0.39 is 6.04 Å². The molecule has 6 heteroatoms. The maximum atomic E-state index is 13.1. The Hall–Kier alpha value is -2.24. The number of nitrogens with zero attached hydrogens (tertiary/aromatic N) is 3. The number of amides is 2. The molecule has 1 aromatic heterocycles. The number of fused-ring (bicyclic) bond motifs is 1. The van der Waals surface area contributed by atoms with Crippen molar-refractivity contribution in [1.29, 1.82) is 0 Å². The fourth-order valence-corrected chi connectivity index (χ4v) is 2.41. The Morgan fingerprint density at radius 1 is 1.37 bits per heavy atom. The number of piperidine rings is 1. The van der Waals surface area contributed by atoms with Crippen LogP contribution in [0, 0.1) is 5.82 Å². The van der Waals surface area contributed by atoms with Crippen molar-refractivity contribution in [3.05, 3.63) is 30.3 Å². The van der Waals surface area contributed by atoms with Gasteiger partial charge in [0.15, 0.2) is 0 Å². The van der Waals surface area contributed by atoms with Crippen molar-refractivity contribution in [1.82, 2.24) is 14.5 Å². The number of imide groups is 1. The van der Waals surface area contributed by atoms with Crippen LogP contribution < -0.4 is 0 Å². The van der Waals surface area contributed by atoms with Crippen LogP contribution in [-0.2, 0) is 9.59 Å². The molecule has 1 fully saturated rings. The van der Waals surface area contributed by atoms with Gasteiger partial charge in [0.25, 0.3) is 5.91 Å².